The van der Waals surface area contributed by atoms with Crippen LogP contribution in [0.25, 0.3) is 11.3 Å². The number of nitrogens with one attached hydrogen (secondary N) is 1. The van der Waals surface area contributed by atoms with Crippen LogP contribution in [0, 0.1) is 11.3 Å². The Morgan fingerprint density at radius 1 is 1.11 bits per heavy atom. The highest BCUT2D eigenvalue weighted by atomic mass is 16.5. The first-order valence-electron chi connectivity index (χ1n) is 11.6. The van der Waals surface area contributed by atoms with Crippen molar-refractivity contribution in [2.24, 2.45) is 0 Å². The Bertz CT molecular complexity index is 1190. The molecule has 1 N–H and O–H groups in total. The van der Waals surface area contributed by atoms with Crippen molar-refractivity contribution in [2.45, 2.75) is 26.2 Å². The first-order chi connectivity index (χ1) is 17.0. The molecule has 0 saturated heterocycles. The highest BCUT2D eigenvalue weighted by molar-refractivity contribution is 5.99. The van der Waals surface area contributed by atoms with E-state index in [1.807, 2.05) is 30.1 Å². The van der Waals surface area contributed by atoms with E-state index in [9.17, 15) is 4.79 Å². The lowest BCUT2D eigenvalue weighted by atomic mass is 10.0. The average Bonchev–Trinajstić information content (AvgIpc) is 2.91. The van der Waals surface area contributed by atoms with Crippen molar-refractivity contribution in [1.29, 1.82) is 5.26 Å². The topological polar surface area (TPSA) is 100 Å². The molecule has 0 aliphatic rings. The van der Waals surface area contributed by atoms with Gasteiger partial charge in [-0.1, -0.05) is 31.5 Å². The molecule has 35 heavy (non-hydrogen) atoms. The molecule has 8 heteroatoms. The Labute approximate surface area is 206 Å². The second-order valence-corrected chi connectivity index (χ2v) is 8.09. The molecule has 8 nitrogen and oxygen atoms in total. The maximum Gasteiger partial charge on any atom is 0.255 e. The zero-order valence-electron chi connectivity index (χ0n) is 20.7. The summed E-state index contributed by atoms with van der Waals surface area (Å²) in [4.78, 5) is 24.0. The third-order valence-electron chi connectivity index (χ3n) is 5.65. The van der Waals surface area contributed by atoms with E-state index in [4.69, 9.17) is 19.7 Å². The number of rotatable bonds is 11. The first kappa shape index (κ1) is 25.5. The summed E-state index contributed by atoms with van der Waals surface area (Å²) in [6.45, 7) is 3.32. The van der Waals surface area contributed by atoms with Gasteiger partial charge in [0.15, 0.2) is 11.5 Å². The summed E-state index contributed by atoms with van der Waals surface area (Å²) in [5, 5.41) is 12.1. The number of methoxy groups -OCH3 is 2. The number of ether oxygens (including phenoxy) is 2. The third kappa shape index (κ3) is 6.48. The highest BCUT2D eigenvalue weighted by Gasteiger charge is 2.18. The minimum atomic E-state index is -0.211. The van der Waals surface area contributed by atoms with Crippen molar-refractivity contribution >= 4 is 11.9 Å². The average molecular weight is 474 g/mol. The van der Waals surface area contributed by atoms with Crippen LogP contribution in [-0.4, -0.2) is 50.2 Å². The van der Waals surface area contributed by atoms with E-state index in [1.165, 1.54) is 0 Å². The number of nitriles is 1. The zero-order valence-corrected chi connectivity index (χ0v) is 20.7. The van der Waals surface area contributed by atoms with Crippen LogP contribution in [0.1, 0.15) is 41.3 Å². The van der Waals surface area contributed by atoms with Crippen molar-refractivity contribution in [2.75, 3.05) is 39.3 Å². The quantitative estimate of drug-likeness (QED) is 0.416. The van der Waals surface area contributed by atoms with Gasteiger partial charge < -0.3 is 19.7 Å². The van der Waals surface area contributed by atoms with Gasteiger partial charge in [-0.15, -0.1) is 0 Å². The van der Waals surface area contributed by atoms with E-state index >= 15 is 0 Å². The molecule has 2 aromatic carbocycles. The fraction of sp³-hybridized carbons (Fsp3) is 0.333. The summed E-state index contributed by atoms with van der Waals surface area (Å²) in [7, 11) is 5.15. The molecule has 3 aromatic rings. The van der Waals surface area contributed by atoms with Crippen LogP contribution >= 0.6 is 0 Å². The summed E-state index contributed by atoms with van der Waals surface area (Å²) in [6, 6.07) is 15.0. The summed E-state index contributed by atoms with van der Waals surface area (Å²) in [5.74, 6) is 1.67. The van der Waals surface area contributed by atoms with E-state index in [-0.39, 0.29) is 5.91 Å². The molecule has 0 saturated carbocycles. The molecular weight excluding hydrogens is 442 g/mol. The van der Waals surface area contributed by atoms with Crippen LogP contribution in [0.3, 0.4) is 0 Å². The van der Waals surface area contributed by atoms with Crippen LogP contribution in [0.2, 0.25) is 0 Å². The Morgan fingerprint density at radius 2 is 1.86 bits per heavy atom. The van der Waals surface area contributed by atoms with Gasteiger partial charge in [0.05, 0.1) is 37.1 Å². The largest absolute Gasteiger partial charge is 0.493 e. The monoisotopic (exact) mass is 473 g/mol. The third-order valence-corrected chi connectivity index (χ3v) is 5.65. The van der Waals surface area contributed by atoms with Crippen molar-refractivity contribution in [1.82, 2.24) is 15.3 Å². The smallest absolute Gasteiger partial charge is 0.255 e. The van der Waals surface area contributed by atoms with E-state index in [0.29, 0.717) is 47.4 Å². The van der Waals surface area contributed by atoms with Crippen LogP contribution in [-0.2, 0) is 6.42 Å². The standard InChI is InChI=1S/C27H31N5O3/c1-5-6-14-29-26(33)22-18-30-27(31-25(22)21-10-7-20(17-28)8-11-21)32(2)15-13-19-9-12-23(34-3)24(16-19)35-4/h7-12,16,18H,5-6,13-15H2,1-4H3,(H,29,33). The molecule has 182 valence electrons. The van der Waals surface area contributed by atoms with E-state index in [2.05, 4.69) is 23.3 Å². The number of hydrogen-bond donors (Lipinski definition) is 1. The van der Waals surface area contributed by atoms with Gasteiger partial charge in [-0.05, 0) is 42.7 Å². The van der Waals surface area contributed by atoms with E-state index < -0.39 is 0 Å². The molecule has 0 unspecified atom stereocenters. The second kappa shape index (κ2) is 12.4. The summed E-state index contributed by atoms with van der Waals surface area (Å²) >= 11 is 0. The summed E-state index contributed by atoms with van der Waals surface area (Å²) < 4.78 is 10.7. The van der Waals surface area contributed by atoms with Crippen LogP contribution in [0.15, 0.2) is 48.7 Å². The van der Waals surface area contributed by atoms with Crippen molar-refractivity contribution < 1.29 is 14.3 Å². The fourth-order valence-electron chi connectivity index (χ4n) is 3.55. The Morgan fingerprint density at radius 3 is 2.51 bits per heavy atom. The second-order valence-electron chi connectivity index (χ2n) is 8.09. The van der Waals surface area contributed by atoms with Crippen molar-refractivity contribution in [3.63, 3.8) is 0 Å². The zero-order chi connectivity index (χ0) is 25.2. The van der Waals surface area contributed by atoms with Gasteiger partial charge in [-0.3, -0.25) is 4.79 Å². The van der Waals surface area contributed by atoms with Crippen LogP contribution in [0.5, 0.6) is 11.5 Å². The van der Waals surface area contributed by atoms with Crippen LogP contribution < -0.4 is 19.7 Å². The SMILES string of the molecule is CCCCNC(=O)c1cnc(N(C)CCc2ccc(OC)c(OC)c2)nc1-c1ccc(C#N)cc1. The normalized spacial score (nSPS) is 10.4. The molecule has 1 aromatic heterocycles. The first-order valence-corrected chi connectivity index (χ1v) is 11.6. The number of aromatic nitrogens is 2. The lowest BCUT2D eigenvalue weighted by molar-refractivity contribution is 0.0953. The van der Waals surface area contributed by atoms with Gasteiger partial charge in [0, 0.05) is 31.9 Å². The van der Waals surface area contributed by atoms with Gasteiger partial charge in [0.2, 0.25) is 5.95 Å². The maximum absolute atomic E-state index is 12.9. The predicted molar refractivity (Wildman–Crippen MR) is 136 cm³/mol. The maximum atomic E-state index is 12.9. The van der Waals surface area contributed by atoms with Gasteiger partial charge >= 0.3 is 0 Å². The number of nitrogens with zero attached hydrogens (tertiary/aromatic N) is 4. The number of carbonyl (C=O) groups is 1. The molecule has 0 bridgehead atoms. The molecular formula is C27H31N5O3. The highest BCUT2D eigenvalue weighted by Crippen LogP contribution is 2.28. The Kier molecular flexibility index (Phi) is 9.02. The number of likely N-dealkylation sites (N-methyl/N-ethyl adjacent to an activating group) is 1. The molecule has 0 aliphatic heterocycles. The van der Waals surface area contributed by atoms with Gasteiger partial charge in [0.1, 0.15) is 0 Å². The Hall–Kier alpha value is -4.12. The van der Waals surface area contributed by atoms with Crippen LogP contribution in [0.4, 0.5) is 5.95 Å². The summed E-state index contributed by atoms with van der Waals surface area (Å²) in [6.07, 6.45) is 4.20. The molecule has 0 radical (unpaired) electrons. The van der Waals surface area contributed by atoms with Gasteiger partial charge in [-0.25, -0.2) is 9.97 Å². The number of amides is 1. The number of carbonyl (C=O) groups excluding carboxylic acids is 1. The molecule has 1 heterocycles. The molecule has 1 amide bonds. The molecule has 0 spiro atoms. The minimum Gasteiger partial charge on any atom is -0.493 e. The van der Waals surface area contributed by atoms with E-state index in [0.717, 1.165) is 30.4 Å². The lowest BCUT2D eigenvalue weighted by Gasteiger charge is -2.19. The Balaban J connectivity index is 1.85. The van der Waals surface area contributed by atoms with E-state index in [1.54, 1.807) is 44.7 Å². The lowest BCUT2D eigenvalue weighted by Crippen LogP contribution is -2.27. The van der Waals surface area contributed by atoms with Gasteiger partial charge in [0.25, 0.3) is 5.91 Å². The summed E-state index contributed by atoms with van der Waals surface area (Å²) in [5.41, 5.74) is 3.33. The fourth-order valence-corrected chi connectivity index (χ4v) is 3.55. The molecule has 0 aliphatic carbocycles. The minimum absolute atomic E-state index is 0.211. The number of unbranched alkanes of at least 4 members (excludes halogenated alkanes) is 1. The van der Waals surface area contributed by atoms with Crippen molar-refractivity contribution in [3.8, 4) is 28.8 Å². The molecule has 0 fully saturated rings. The number of benzene rings is 2. The van der Waals surface area contributed by atoms with Crippen molar-refractivity contribution in [3.05, 3.63) is 65.4 Å². The number of hydrogen-bond acceptors (Lipinski definition) is 7. The van der Waals surface area contributed by atoms with Gasteiger partial charge in [-0.2, -0.15) is 5.26 Å². The molecule has 3 rings (SSSR count). The molecule has 0 atom stereocenters. The number of anilines is 1. The predicted octanol–water partition coefficient (Wildman–Crippen LogP) is 4.24.